The third kappa shape index (κ3) is 4.33. The van der Waals surface area contributed by atoms with E-state index in [1.807, 2.05) is 32.0 Å². The number of ether oxygens (including phenoxy) is 1. The zero-order valence-corrected chi connectivity index (χ0v) is 14.7. The highest BCUT2D eigenvalue weighted by Gasteiger charge is 2.19. The molecule has 1 saturated heterocycles. The van der Waals surface area contributed by atoms with Crippen LogP contribution in [0.3, 0.4) is 0 Å². The number of thioether (sulfide) groups is 1. The maximum absolute atomic E-state index is 12.2. The van der Waals surface area contributed by atoms with Gasteiger partial charge in [-0.1, -0.05) is 29.5 Å². The third-order valence-corrected chi connectivity index (χ3v) is 4.85. The minimum atomic E-state index is -0.0707. The summed E-state index contributed by atoms with van der Waals surface area (Å²) in [7, 11) is 0. The van der Waals surface area contributed by atoms with Crippen molar-refractivity contribution < 1.29 is 9.53 Å². The number of aryl methyl sites for hydroxylation is 2. The minimum absolute atomic E-state index is 0.0707. The normalized spacial score (nSPS) is 17.2. The Morgan fingerprint density at radius 3 is 3.08 bits per heavy atom. The summed E-state index contributed by atoms with van der Waals surface area (Å²) in [6.45, 7) is 5.45. The predicted octanol–water partition coefficient (Wildman–Crippen LogP) is 2.20. The number of carbonyl (C=O) groups excluding carboxylic acids is 1. The van der Waals surface area contributed by atoms with Gasteiger partial charge in [0.05, 0.1) is 18.4 Å². The molecular weight excluding hydrogens is 326 g/mol. The van der Waals surface area contributed by atoms with Gasteiger partial charge in [0, 0.05) is 12.3 Å². The van der Waals surface area contributed by atoms with Crippen LogP contribution in [0, 0.1) is 13.8 Å². The molecule has 1 atom stereocenters. The molecule has 1 aromatic carbocycles. The fraction of sp³-hybridized carbons (Fsp3) is 0.500. The Labute approximate surface area is 145 Å². The van der Waals surface area contributed by atoms with Crippen LogP contribution >= 0.6 is 11.8 Å². The second kappa shape index (κ2) is 7.76. The highest BCUT2D eigenvalue weighted by atomic mass is 32.2. The van der Waals surface area contributed by atoms with E-state index in [0.717, 1.165) is 30.7 Å². The summed E-state index contributed by atoms with van der Waals surface area (Å²) >= 11 is 1.33. The summed E-state index contributed by atoms with van der Waals surface area (Å²) in [6, 6.07) is 5.96. The van der Waals surface area contributed by atoms with E-state index in [2.05, 4.69) is 20.8 Å². The Balaban J connectivity index is 1.53. The summed E-state index contributed by atoms with van der Waals surface area (Å²) in [5.41, 5.74) is 3.06. The van der Waals surface area contributed by atoms with Gasteiger partial charge >= 0.3 is 0 Å². The lowest BCUT2D eigenvalue weighted by Gasteiger charge is -2.10. The van der Waals surface area contributed by atoms with E-state index in [-0.39, 0.29) is 17.8 Å². The van der Waals surface area contributed by atoms with Crippen LogP contribution in [0.1, 0.15) is 24.0 Å². The molecule has 24 heavy (non-hydrogen) atoms. The molecule has 128 valence electrons. The van der Waals surface area contributed by atoms with E-state index in [1.165, 1.54) is 17.3 Å². The molecule has 8 heteroatoms. The number of rotatable bonds is 6. The van der Waals surface area contributed by atoms with Gasteiger partial charge in [-0.05, 0) is 48.7 Å². The Morgan fingerprint density at radius 2 is 2.33 bits per heavy atom. The summed E-state index contributed by atoms with van der Waals surface area (Å²) in [4.78, 5) is 12.2. The Morgan fingerprint density at radius 1 is 1.46 bits per heavy atom. The van der Waals surface area contributed by atoms with Crippen molar-refractivity contribution in [1.82, 2.24) is 20.2 Å². The van der Waals surface area contributed by atoms with Crippen molar-refractivity contribution in [2.24, 2.45) is 0 Å². The molecule has 0 spiro atoms. The number of hydrogen-bond acceptors (Lipinski definition) is 6. The van der Waals surface area contributed by atoms with E-state index < -0.39 is 0 Å². The first-order valence-corrected chi connectivity index (χ1v) is 8.98. The minimum Gasteiger partial charge on any atom is -0.376 e. The monoisotopic (exact) mass is 347 g/mol. The first-order valence-electron chi connectivity index (χ1n) is 7.99. The van der Waals surface area contributed by atoms with Gasteiger partial charge in [0.1, 0.15) is 0 Å². The number of nitrogens with one attached hydrogen (secondary N) is 1. The number of aromatic nitrogens is 4. The molecule has 1 aliphatic rings. The molecular formula is C16H21N5O2S. The summed E-state index contributed by atoms with van der Waals surface area (Å²) in [6.07, 6.45) is 2.27. The summed E-state index contributed by atoms with van der Waals surface area (Å²) in [5, 5.41) is 15.3. The molecule has 7 nitrogen and oxygen atoms in total. The highest BCUT2D eigenvalue weighted by Crippen LogP contribution is 2.20. The SMILES string of the molecule is Cc1ccc(NC(=O)CSc2nnnn2CC2CCCO2)c(C)c1. The molecule has 1 N–H and O–H groups in total. The van der Waals surface area contributed by atoms with Gasteiger partial charge in [-0.3, -0.25) is 4.79 Å². The zero-order valence-electron chi connectivity index (χ0n) is 13.9. The van der Waals surface area contributed by atoms with Crippen molar-refractivity contribution >= 4 is 23.4 Å². The third-order valence-electron chi connectivity index (χ3n) is 3.89. The number of benzene rings is 1. The van der Waals surface area contributed by atoms with Gasteiger partial charge in [-0.25, -0.2) is 4.68 Å². The van der Waals surface area contributed by atoms with Crippen molar-refractivity contribution in [1.29, 1.82) is 0 Å². The van der Waals surface area contributed by atoms with Crippen molar-refractivity contribution in [3.05, 3.63) is 29.3 Å². The topological polar surface area (TPSA) is 81.9 Å². The smallest absolute Gasteiger partial charge is 0.234 e. The largest absolute Gasteiger partial charge is 0.376 e. The molecule has 1 amide bonds. The van der Waals surface area contributed by atoms with Crippen molar-refractivity contribution in [3.63, 3.8) is 0 Å². The average molecular weight is 347 g/mol. The molecule has 2 heterocycles. The molecule has 0 aliphatic carbocycles. The van der Waals surface area contributed by atoms with Crippen LogP contribution in [0.25, 0.3) is 0 Å². The lowest BCUT2D eigenvalue weighted by Crippen LogP contribution is -2.18. The van der Waals surface area contributed by atoms with Crippen LogP contribution in [0.4, 0.5) is 5.69 Å². The van der Waals surface area contributed by atoms with E-state index in [9.17, 15) is 4.79 Å². The number of nitrogens with zero attached hydrogens (tertiary/aromatic N) is 4. The maximum atomic E-state index is 12.2. The number of amides is 1. The van der Waals surface area contributed by atoms with Crippen LogP contribution in [-0.2, 0) is 16.1 Å². The Kier molecular flexibility index (Phi) is 5.47. The van der Waals surface area contributed by atoms with Crippen LogP contribution < -0.4 is 5.32 Å². The molecule has 0 bridgehead atoms. The molecule has 0 radical (unpaired) electrons. The van der Waals surface area contributed by atoms with E-state index >= 15 is 0 Å². The number of tetrazole rings is 1. The fourth-order valence-corrected chi connectivity index (χ4v) is 3.35. The number of hydrogen-bond donors (Lipinski definition) is 1. The van der Waals surface area contributed by atoms with Crippen LogP contribution in [-0.4, -0.2) is 44.6 Å². The predicted molar refractivity (Wildman–Crippen MR) is 92.1 cm³/mol. The van der Waals surface area contributed by atoms with Crippen LogP contribution in [0.2, 0.25) is 0 Å². The number of anilines is 1. The van der Waals surface area contributed by atoms with Crippen LogP contribution in [0.15, 0.2) is 23.4 Å². The van der Waals surface area contributed by atoms with Gasteiger partial charge < -0.3 is 10.1 Å². The first kappa shape index (κ1) is 16.9. The van der Waals surface area contributed by atoms with Gasteiger partial charge in [-0.2, -0.15) is 0 Å². The molecule has 1 aliphatic heterocycles. The first-order chi connectivity index (χ1) is 11.6. The lowest BCUT2D eigenvalue weighted by molar-refractivity contribution is -0.113. The van der Waals surface area contributed by atoms with E-state index in [4.69, 9.17) is 4.74 Å². The summed E-state index contributed by atoms with van der Waals surface area (Å²) < 4.78 is 7.32. The fourth-order valence-electron chi connectivity index (χ4n) is 2.67. The van der Waals surface area contributed by atoms with Crippen molar-refractivity contribution in [2.75, 3.05) is 17.7 Å². The van der Waals surface area contributed by atoms with Gasteiger partial charge in [0.25, 0.3) is 0 Å². The van der Waals surface area contributed by atoms with Crippen molar-refractivity contribution in [2.45, 2.75) is 44.5 Å². The lowest BCUT2D eigenvalue weighted by atomic mass is 10.1. The molecule has 1 fully saturated rings. The highest BCUT2D eigenvalue weighted by molar-refractivity contribution is 7.99. The van der Waals surface area contributed by atoms with Gasteiger partial charge in [-0.15, -0.1) is 5.10 Å². The molecule has 0 saturated carbocycles. The standard InChI is InChI=1S/C16H21N5O2S/c1-11-5-6-14(12(2)8-11)17-15(22)10-24-16-18-19-20-21(16)9-13-4-3-7-23-13/h5-6,8,13H,3-4,7,9-10H2,1-2H3,(H,17,22). The maximum Gasteiger partial charge on any atom is 0.234 e. The average Bonchev–Trinajstić information content (AvgIpc) is 3.20. The molecule has 1 unspecified atom stereocenters. The van der Waals surface area contributed by atoms with Crippen LogP contribution in [0.5, 0.6) is 0 Å². The molecule has 1 aromatic heterocycles. The van der Waals surface area contributed by atoms with E-state index in [0.29, 0.717) is 11.7 Å². The second-order valence-corrected chi connectivity index (χ2v) is 6.88. The quantitative estimate of drug-likeness (QED) is 0.807. The van der Waals surface area contributed by atoms with Crippen molar-refractivity contribution in [3.8, 4) is 0 Å². The summed E-state index contributed by atoms with van der Waals surface area (Å²) in [5.74, 6) is 0.192. The number of carbonyl (C=O) groups is 1. The second-order valence-electron chi connectivity index (χ2n) is 5.93. The molecule has 3 rings (SSSR count). The van der Waals surface area contributed by atoms with Gasteiger partial charge in [0.2, 0.25) is 11.1 Å². The van der Waals surface area contributed by atoms with E-state index in [1.54, 1.807) is 4.68 Å². The zero-order chi connectivity index (χ0) is 16.9. The van der Waals surface area contributed by atoms with Gasteiger partial charge in [0.15, 0.2) is 0 Å². The molecule has 2 aromatic rings. The Bertz CT molecular complexity index is 712. The Hall–Kier alpha value is -1.93.